The van der Waals surface area contributed by atoms with E-state index in [0.29, 0.717) is 23.0 Å². The van der Waals surface area contributed by atoms with Crippen molar-refractivity contribution in [3.05, 3.63) is 78.0 Å². The van der Waals surface area contributed by atoms with E-state index in [0.717, 1.165) is 5.69 Å². The number of benzene rings is 2. The predicted octanol–water partition coefficient (Wildman–Crippen LogP) is 6.08. The van der Waals surface area contributed by atoms with E-state index in [9.17, 15) is 5.11 Å². The van der Waals surface area contributed by atoms with Gasteiger partial charge in [0.2, 0.25) is 0 Å². The van der Waals surface area contributed by atoms with Gasteiger partial charge in [0.15, 0.2) is 5.82 Å². The van der Waals surface area contributed by atoms with Crippen molar-refractivity contribution in [3.63, 3.8) is 0 Å². The summed E-state index contributed by atoms with van der Waals surface area (Å²) < 4.78 is 0. The number of azo groups is 1. The quantitative estimate of drug-likeness (QED) is 0.450. The Morgan fingerprint density at radius 1 is 0.923 bits per heavy atom. The highest BCUT2D eigenvalue weighted by Crippen LogP contribution is 2.25. The summed E-state index contributed by atoms with van der Waals surface area (Å²) in [5.41, 5.74) is 3.24. The van der Waals surface area contributed by atoms with Crippen molar-refractivity contribution >= 4 is 23.4 Å². The van der Waals surface area contributed by atoms with E-state index in [1.54, 1.807) is 36.7 Å². The van der Waals surface area contributed by atoms with Gasteiger partial charge in [-0.15, -0.1) is 0 Å². The van der Waals surface area contributed by atoms with Crippen LogP contribution in [0.1, 0.15) is 30.9 Å². The summed E-state index contributed by atoms with van der Waals surface area (Å²) in [5, 5.41) is 18.5. The van der Waals surface area contributed by atoms with E-state index < -0.39 is 0 Å². The molecular formula is C21H20N4O. The van der Waals surface area contributed by atoms with Gasteiger partial charge in [-0.1, -0.05) is 32.0 Å². The molecule has 0 unspecified atom stereocenters. The molecule has 1 N–H and O–H groups in total. The van der Waals surface area contributed by atoms with Crippen LogP contribution in [0.3, 0.4) is 0 Å². The first-order chi connectivity index (χ1) is 12.6. The highest BCUT2D eigenvalue weighted by Gasteiger charge is 2.01. The van der Waals surface area contributed by atoms with Crippen LogP contribution >= 0.6 is 0 Å². The summed E-state index contributed by atoms with van der Waals surface area (Å²) >= 11 is 0. The molecule has 0 spiro atoms. The van der Waals surface area contributed by atoms with Gasteiger partial charge < -0.3 is 5.11 Å². The number of nitrogens with zero attached hydrogens (tertiary/aromatic N) is 4. The average molecular weight is 344 g/mol. The number of phenolic OH excluding ortho intramolecular Hbond substituents is 1. The Bertz CT molecular complexity index is 917. The lowest BCUT2D eigenvalue weighted by atomic mass is 10.0. The summed E-state index contributed by atoms with van der Waals surface area (Å²) in [5.74, 6) is 1.19. The van der Waals surface area contributed by atoms with Crippen LogP contribution in [0.15, 0.2) is 82.1 Å². The van der Waals surface area contributed by atoms with Crippen molar-refractivity contribution in [2.45, 2.75) is 19.8 Å². The third-order valence-corrected chi connectivity index (χ3v) is 3.84. The van der Waals surface area contributed by atoms with E-state index in [1.165, 1.54) is 5.56 Å². The summed E-state index contributed by atoms with van der Waals surface area (Å²) in [6.07, 6.45) is 3.23. The number of aromatic hydroxyl groups is 1. The van der Waals surface area contributed by atoms with Gasteiger partial charge in [-0.3, -0.25) is 0 Å². The molecule has 0 saturated heterocycles. The van der Waals surface area contributed by atoms with Crippen molar-refractivity contribution < 1.29 is 5.11 Å². The van der Waals surface area contributed by atoms with Gasteiger partial charge in [-0.25, -0.2) is 9.98 Å². The molecule has 26 heavy (non-hydrogen) atoms. The molecular weight excluding hydrogens is 324 g/mol. The van der Waals surface area contributed by atoms with Crippen molar-refractivity contribution in [3.8, 4) is 5.75 Å². The molecule has 0 radical (unpaired) electrons. The van der Waals surface area contributed by atoms with Crippen LogP contribution in [0.25, 0.3) is 0 Å². The molecule has 2 aromatic carbocycles. The minimum Gasteiger partial charge on any atom is -0.507 e. The van der Waals surface area contributed by atoms with E-state index in [2.05, 4.69) is 46.2 Å². The lowest BCUT2D eigenvalue weighted by molar-refractivity contribution is 0.474. The number of hydrogen-bond acceptors (Lipinski definition) is 5. The summed E-state index contributed by atoms with van der Waals surface area (Å²) in [4.78, 5) is 8.37. The number of pyridine rings is 1. The second kappa shape index (κ2) is 8.16. The van der Waals surface area contributed by atoms with Crippen LogP contribution in [-0.4, -0.2) is 16.3 Å². The molecule has 130 valence electrons. The Balaban J connectivity index is 1.77. The molecule has 0 bridgehead atoms. The lowest BCUT2D eigenvalue weighted by Crippen LogP contribution is -1.84. The molecule has 0 saturated carbocycles. The van der Waals surface area contributed by atoms with Gasteiger partial charge in [0, 0.05) is 18.0 Å². The van der Waals surface area contributed by atoms with Crippen LogP contribution in [0.5, 0.6) is 5.75 Å². The Morgan fingerprint density at radius 2 is 1.65 bits per heavy atom. The summed E-state index contributed by atoms with van der Waals surface area (Å²) in [6.45, 7) is 4.31. The SMILES string of the molecule is CC(C)c1ccc(N=Nc2ccc(O)c(/C=N/c3ccccn3)c2)cc1. The van der Waals surface area contributed by atoms with Gasteiger partial charge in [0.25, 0.3) is 0 Å². The molecule has 0 aliphatic heterocycles. The average Bonchev–Trinajstić information content (AvgIpc) is 2.67. The molecule has 0 atom stereocenters. The summed E-state index contributed by atoms with van der Waals surface area (Å²) in [6, 6.07) is 18.5. The Kier molecular flexibility index (Phi) is 5.49. The number of phenols is 1. The lowest BCUT2D eigenvalue weighted by Gasteiger charge is -2.04. The Hall–Kier alpha value is -3.34. The largest absolute Gasteiger partial charge is 0.507 e. The van der Waals surface area contributed by atoms with Gasteiger partial charge in [-0.2, -0.15) is 10.2 Å². The van der Waals surface area contributed by atoms with Crippen molar-refractivity contribution in [2.24, 2.45) is 15.2 Å². The van der Waals surface area contributed by atoms with Gasteiger partial charge in [0.05, 0.1) is 11.4 Å². The monoisotopic (exact) mass is 344 g/mol. The normalized spacial score (nSPS) is 11.7. The van der Waals surface area contributed by atoms with E-state index in [1.807, 2.05) is 24.3 Å². The zero-order valence-corrected chi connectivity index (χ0v) is 14.7. The molecule has 1 aromatic heterocycles. The van der Waals surface area contributed by atoms with Crippen LogP contribution in [0.2, 0.25) is 0 Å². The summed E-state index contributed by atoms with van der Waals surface area (Å²) in [7, 11) is 0. The second-order valence-electron chi connectivity index (χ2n) is 6.14. The topological polar surface area (TPSA) is 70.2 Å². The van der Waals surface area contributed by atoms with Crippen molar-refractivity contribution in [1.82, 2.24) is 4.98 Å². The highest BCUT2D eigenvalue weighted by atomic mass is 16.3. The third kappa shape index (κ3) is 4.60. The van der Waals surface area contributed by atoms with Gasteiger partial charge in [-0.05, 0) is 53.9 Å². The van der Waals surface area contributed by atoms with Crippen molar-refractivity contribution in [1.29, 1.82) is 0 Å². The molecule has 3 aromatic rings. The van der Waals surface area contributed by atoms with Gasteiger partial charge >= 0.3 is 0 Å². The number of rotatable bonds is 5. The molecule has 0 fully saturated rings. The van der Waals surface area contributed by atoms with Crippen LogP contribution in [0, 0.1) is 0 Å². The first kappa shape index (κ1) is 17.5. The fourth-order valence-electron chi connectivity index (χ4n) is 2.31. The zero-order chi connectivity index (χ0) is 18.4. The minimum absolute atomic E-state index is 0.130. The predicted molar refractivity (Wildman–Crippen MR) is 104 cm³/mol. The van der Waals surface area contributed by atoms with Crippen LogP contribution in [-0.2, 0) is 0 Å². The Morgan fingerprint density at radius 3 is 2.35 bits per heavy atom. The zero-order valence-electron chi connectivity index (χ0n) is 14.7. The number of aliphatic imine (C=N–C) groups is 1. The molecule has 5 heteroatoms. The molecule has 0 aliphatic rings. The van der Waals surface area contributed by atoms with Crippen molar-refractivity contribution in [2.75, 3.05) is 0 Å². The maximum atomic E-state index is 10.00. The fraction of sp³-hybridized carbons (Fsp3) is 0.143. The van der Waals surface area contributed by atoms with E-state index in [4.69, 9.17) is 0 Å². The fourth-order valence-corrected chi connectivity index (χ4v) is 2.31. The first-order valence-corrected chi connectivity index (χ1v) is 8.41. The van der Waals surface area contributed by atoms with Crippen LogP contribution in [0.4, 0.5) is 17.2 Å². The first-order valence-electron chi connectivity index (χ1n) is 8.41. The standard InChI is InChI=1S/C21H20N4O/c1-15(2)16-6-8-18(9-7-16)24-25-19-10-11-20(26)17(13-19)14-23-21-5-3-4-12-22-21/h3-15,26H,1-2H3/b23-14+,25-24?. The van der Waals surface area contributed by atoms with Crippen LogP contribution < -0.4 is 0 Å². The maximum absolute atomic E-state index is 10.00. The number of aromatic nitrogens is 1. The third-order valence-electron chi connectivity index (χ3n) is 3.84. The highest BCUT2D eigenvalue weighted by molar-refractivity contribution is 5.86. The molecule has 5 nitrogen and oxygen atoms in total. The molecule has 0 aliphatic carbocycles. The van der Waals surface area contributed by atoms with E-state index >= 15 is 0 Å². The van der Waals surface area contributed by atoms with E-state index in [-0.39, 0.29) is 5.75 Å². The minimum atomic E-state index is 0.130. The smallest absolute Gasteiger partial charge is 0.151 e. The molecule has 1 heterocycles. The second-order valence-corrected chi connectivity index (χ2v) is 6.14. The molecule has 0 amide bonds. The maximum Gasteiger partial charge on any atom is 0.151 e. The molecule has 3 rings (SSSR count). The Labute approximate surface area is 152 Å². The number of hydrogen-bond donors (Lipinski definition) is 1. The van der Waals surface area contributed by atoms with Gasteiger partial charge in [0.1, 0.15) is 5.75 Å².